The number of ether oxygens (including phenoxy) is 1. The van der Waals surface area contributed by atoms with Crippen LogP contribution in [-0.4, -0.2) is 25.7 Å². The van der Waals surface area contributed by atoms with E-state index in [1.807, 2.05) is 6.07 Å². The number of para-hydroxylation sites is 1. The maximum Gasteiger partial charge on any atom is 0.349 e. The van der Waals surface area contributed by atoms with E-state index in [2.05, 4.69) is 12.2 Å². The normalized spacial score (nSPS) is 10.8. The van der Waals surface area contributed by atoms with Gasteiger partial charge in [-0.05, 0) is 25.0 Å². The highest BCUT2D eigenvalue weighted by Gasteiger charge is 2.12. The van der Waals surface area contributed by atoms with Crippen molar-refractivity contribution in [3.63, 3.8) is 0 Å². The van der Waals surface area contributed by atoms with E-state index in [0.717, 1.165) is 24.8 Å². The highest BCUT2D eigenvalue weighted by atomic mass is 16.5. The molecule has 0 unspecified atom stereocenters. The van der Waals surface area contributed by atoms with Crippen LogP contribution in [0.4, 0.5) is 0 Å². The second-order valence-corrected chi connectivity index (χ2v) is 5.06. The lowest BCUT2D eigenvalue weighted by Gasteiger charge is -2.06. The van der Waals surface area contributed by atoms with E-state index < -0.39 is 11.5 Å². The Morgan fingerprint density at radius 2 is 2.00 bits per heavy atom. The number of benzene rings is 1. The van der Waals surface area contributed by atoms with E-state index in [9.17, 15) is 9.59 Å². The molecule has 0 bridgehead atoms. The van der Waals surface area contributed by atoms with Gasteiger partial charge in [-0.15, -0.1) is 0 Å². The summed E-state index contributed by atoms with van der Waals surface area (Å²) in [7, 11) is 0. The largest absolute Gasteiger partial charge is 0.422 e. The summed E-state index contributed by atoms with van der Waals surface area (Å²) in [6, 6.07) is 8.68. The molecule has 1 amide bonds. The highest BCUT2D eigenvalue weighted by molar-refractivity contribution is 5.96. The van der Waals surface area contributed by atoms with Gasteiger partial charge in [-0.3, -0.25) is 4.79 Å². The van der Waals surface area contributed by atoms with Crippen LogP contribution in [-0.2, 0) is 4.74 Å². The van der Waals surface area contributed by atoms with Gasteiger partial charge in [-0.1, -0.05) is 31.5 Å². The molecule has 0 aliphatic rings. The number of hydrogen-bond acceptors (Lipinski definition) is 4. The summed E-state index contributed by atoms with van der Waals surface area (Å²) in [6.45, 7) is 3.93. The number of nitrogens with one attached hydrogen (secondary N) is 1. The van der Waals surface area contributed by atoms with E-state index >= 15 is 0 Å². The SMILES string of the molecule is CCCCOCCCNC(=O)c1cc2ccccc2oc1=O. The molecule has 22 heavy (non-hydrogen) atoms. The lowest BCUT2D eigenvalue weighted by Crippen LogP contribution is -2.29. The van der Waals surface area contributed by atoms with Gasteiger partial charge in [0.2, 0.25) is 0 Å². The lowest BCUT2D eigenvalue weighted by molar-refractivity contribution is 0.0937. The molecule has 0 saturated heterocycles. The molecule has 1 heterocycles. The van der Waals surface area contributed by atoms with Crippen LogP contribution in [0.1, 0.15) is 36.5 Å². The van der Waals surface area contributed by atoms with E-state index in [1.165, 1.54) is 0 Å². The minimum Gasteiger partial charge on any atom is -0.422 e. The number of amides is 1. The quantitative estimate of drug-likeness (QED) is 0.601. The predicted molar refractivity (Wildman–Crippen MR) is 85.2 cm³/mol. The third-order valence-electron chi connectivity index (χ3n) is 3.28. The molecule has 2 aromatic rings. The number of rotatable bonds is 8. The summed E-state index contributed by atoms with van der Waals surface area (Å²) in [6.07, 6.45) is 2.87. The molecule has 5 heteroatoms. The van der Waals surface area contributed by atoms with Crippen LogP contribution in [0.25, 0.3) is 11.0 Å². The van der Waals surface area contributed by atoms with Crippen molar-refractivity contribution in [3.8, 4) is 0 Å². The molecule has 118 valence electrons. The molecule has 0 spiro atoms. The van der Waals surface area contributed by atoms with Gasteiger partial charge in [0.1, 0.15) is 11.1 Å². The van der Waals surface area contributed by atoms with E-state index in [4.69, 9.17) is 9.15 Å². The maximum absolute atomic E-state index is 12.0. The summed E-state index contributed by atoms with van der Waals surface area (Å²) < 4.78 is 10.6. The first-order chi connectivity index (χ1) is 10.7. The molecule has 0 radical (unpaired) electrons. The average Bonchev–Trinajstić information content (AvgIpc) is 2.53. The van der Waals surface area contributed by atoms with Gasteiger partial charge >= 0.3 is 5.63 Å². The Morgan fingerprint density at radius 1 is 1.23 bits per heavy atom. The number of carbonyl (C=O) groups excluding carboxylic acids is 1. The topological polar surface area (TPSA) is 68.5 Å². The standard InChI is InChI=1S/C17H21NO4/c1-2-3-10-21-11-6-9-18-16(19)14-12-13-7-4-5-8-15(13)22-17(14)20/h4-5,7-8,12H,2-3,6,9-11H2,1H3,(H,18,19). The number of hydrogen-bond donors (Lipinski definition) is 1. The maximum atomic E-state index is 12.0. The van der Waals surface area contributed by atoms with Crippen molar-refractivity contribution in [3.05, 3.63) is 46.3 Å². The summed E-state index contributed by atoms with van der Waals surface area (Å²) in [5.41, 5.74) is -0.102. The lowest BCUT2D eigenvalue weighted by atomic mass is 10.2. The van der Waals surface area contributed by atoms with Crippen molar-refractivity contribution >= 4 is 16.9 Å². The number of unbranched alkanes of at least 4 members (excludes halogenated alkanes) is 1. The fourth-order valence-electron chi connectivity index (χ4n) is 2.04. The number of fused-ring (bicyclic) bond motifs is 1. The molecule has 0 aliphatic heterocycles. The van der Waals surface area contributed by atoms with Crippen molar-refractivity contribution < 1.29 is 13.9 Å². The Balaban J connectivity index is 1.87. The van der Waals surface area contributed by atoms with Gasteiger partial charge in [0.25, 0.3) is 5.91 Å². The van der Waals surface area contributed by atoms with Gasteiger partial charge in [-0.2, -0.15) is 0 Å². The molecule has 0 aliphatic carbocycles. The van der Waals surface area contributed by atoms with Crippen LogP contribution in [0.15, 0.2) is 39.5 Å². The molecule has 2 rings (SSSR count). The van der Waals surface area contributed by atoms with E-state index in [0.29, 0.717) is 25.2 Å². The van der Waals surface area contributed by atoms with Crippen molar-refractivity contribution in [2.75, 3.05) is 19.8 Å². The van der Waals surface area contributed by atoms with Gasteiger partial charge in [0.05, 0.1) is 0 Å². The van der Waals surface area contributed by atoms with E-state index in [-0.39, 0.29) is 5.56 Å². The number of carbonyl (C=O) groups is 1. The molecule has 1 N–H and O–H groups in total. The highest BCUT2D eigenvalue weighted by Crippen LogP contribution is 2.12. The van der Waals surface area contributed by atoms with Crippen LogP contribution in [0.3, 0.4) is 0 Å². The first-order valence-electron chi connectivity index (χ1n) is 7.61. The van der Waals surface area contributed by atoms with Gasteiger partial charge in [0, 0.05) is 25.1 Å². The van der Waals surface area contributed by atoms with Crippen LogP contribution in [0.5, 0.6) is 0 Å². The van der Waals surface area contributed by atoms with Gasteiger partial charge < -0.3 is 14.5 Å². The Bertz CT molecular complexity index is 678. The molecule has 0 saturated carbocycles. The molecular formula is C17H21NO4. The first-order valence-corrected chi connectivity index (χ1v) is 7.61. The Kier molecular flexibility index (Phi) is 6.15. The minimum atomic E-state index is -0.615. The zero-order valence-electron chi connectivity index (χ0n) is 12.8. The van der Waals surface area contributed by atoms with Crippen LogP contribution in [0, 0.1) is 0 Å². The van der Waals surface area contributed by atoms with Crippen LogP contribution < -0.4 is 10.9 Å². The van der Waals surface area contributed by atoms with Gasteiger partial charge in [-0.25, -0.2) is 4.79 Å². The van der Waals surface area contributed by atoms with Crippen molar-refractivity contribution in [2.24, 2.45) is 0 Å². The fraction of sp³-hybridized carbons (Fsp3) is 0.412. The Morgan fingerprint density at radius 3 is 2.82 bits per heavy atom. The summed E-state index contributed by atoms with van der Waals surface area (Å²) in [5.74, 6) is -0.409. The van der Waals surface area contributed by atoms with Crippen molar-refractivity contribution in [1.29, 1.82) is 0 Å². The second-order valence-electron chi connectivity index (χ2n) is 5.06. The van der Waals surface area contributed by atoms with Crippen molar-refractivity contribution in [2.45, 2.75) is 26.2 Å². The molecule has 1 aromatic carbocycles. The minimum absolute atomic E-state index is 0.0330. The van der Waals surface area contributed by atoms with Crippen LogP contribution >= 0.6 is 0 Å². The fourth-order valence-corrected chi connectivity index (χ4v) is 2.04. The summed E-state index contributed by atoms with van der Waals surface area (Å²) >= 11 is 0. The average molecular weight is 303 g/mol. The predicted octanol–water partition coefficient (Wildman–Crippen LogP) is 2.73. The first kappa shape index (κ1) is 16.2. The summed E-state index contributed by atoms with van der Waals surface area (Å²) in [5, 5.41) is 3.45. The van der Waals surface area contributed by atoms with E-state index in [1.54, 1.807) is 24.3 Å². The van der Waals surface area contributed by atoms with Crippen LogP contribution in [0.2, 0.25) is 0 Å². The monoisotopic (exact) mass is 303 g/mol. The second kappa shape index (κ2) is 8.34. The molecule has 0 atom stereocenters. The Labute approximate surface area is 129 Å². The zero-order chi connectivity index (χ0) is 15.8. The Hall–Kier alpha value is -2.14. The van der Waals surface area contributed by atoms with Crippen molar-refractivity contribution in [1.82, 2.24) is 5.32 Å². The smallest absolute Gasteiger partial charge is 0.349 e. The zero-order valence-corrected chi connectivity index (χ0v) is 12.8. The molecule has 1 aromatic heterocycles. The molecule has 5 nitrogen and oxygen atoms in total. The van der Waals surface area contributed by atoms with Gasteiger partial charge in [0.15, 0.2) is 0 Å². The molecular weight excluding hydrogens is 282 g/mol. The summed E-state index contributed by atoms with van der Waals surface area (Å²) in [4.78, 5) is 23.9. The molecule has 0 fully saturated rings. The third kappa shape index (κ3) is 4.43. The third-order valence-corrected chi connectivity index (χ3v) is 3.28.